The molecule has 2 aromatic heterocycles. The molecule has 142 valence electrons. The number of primary sulfonamides is 1. The number of fused-ring (bicyclic) bond motifs is 1. The maximum atomic E-state index is 12.6. The highest BCUT2D eigenvalue weighted by molar-refractivity contribution is 7.89. The van der Waals surface area contributed by atoms with Gasteiger partial charge in [-0.3, -0.25) is 4.79 Å². The van der Waals surface area contributed by atoms with E-state index in [0.29, 0.717) is 22.2 Å². The molecular weight excluding hydrogens is 368 g/mol. The molecular formula is C18H20N4O4S. The van der Waals surface area contributed by atoms with Gasteiger partial charge in [-0.05, 0) is 36.6 Å². The van der Waals surface area contributed by atoms with Gasteiger partial charge in [-0.2, -0.15) is 0 Å². The number of nitrogens with two attached hydrogens (primary N) is 1. The van der Waals surface area contributed by atoms with Crippen molar-refractivity contribution in [3.8, 4) is 0 Å². The Hall–Kier alpha value is -2.78. The van der Waals surface area contributed by atoms with Gasteiger partial charge in [0.1, 0.15) is 0 Å². The Morgan fingerprint density at radius 2 is 1.96 bits per heavy atom. The van der Waals surface area contributed by atoms with Crippen molar-refractivity contribution < 1.29 is 17.7 Å². The van der Waals surface area contributed by atoms with Crippen LogP contribution >= 0.6 is 0 Å². The minimum atomic E-state index is -3.81. The van der Waals surface area contributed by atoms with Gasteiger partial charge in [-0.1, -0.05) is 31.1 Å². The second kappa shape index (κ2) is 7.09. The van der Waals surface area contributed by atoms with Crippen molar-refractivity contribution in [2.45, 2.75) is 37.6 Å². The van der Waals surface area contributed by atoms with Crippen LogP contribution in [-0.2, 0) is 10.0 Å². The molecule has 9 heteroatoms. The lowest BCUT2D eigenvalue weighted by molar-refractivity contribution is 0.0939. The lowest BCUT2D eigenvalue weighted by Gasteiger charge is -2.15. The molecule has 0 aliphatic rings. The molecule has 1 amide bonds. The van der Waals surface area contributed by atoms with Gasteiger partial charge in [0, 0.05) is 6.20 Å². The molecule has 3 aromatic rings. The van der Waals surface area contributed by atoms with Crippen LogP contribution in [0.15, 0.2) is 45.9 Å². The zero-order valence-corrected chi connectivity index (χ0v) is 15.9. The zero-order valence-electron chi connectivity index (χ0n) is 15.1. The van der Waals surface area contributed by atoms with Crippen molar-refractivity contribution in [3.63, 3.8) is 0 Å². The molecule has 0 bridgehead atoms. The SMILES string of the molecule is CC(C)c1noc2ncc(C(=O)NC(C)c3cccc(S(N)(=O)=O)c3)cc12. The van der Waals surface area contributed by atoms with Gasteiger partial charge in [-0.25, -0.2) is 18.5 Å². The first-order valence-electron chi connectivity index (χ1n) is 8.35. The van der Waals surface area contributed by atoms with Crippen LogP contribution in [0.3, 0.4) is 0 Å². The fraction of sp³-hybridized carbons (Fsp3) is 0.278. The topological polar surface area (TPSA) is 128 Å². The standard InChI is InChI=1S/C18H20N4O4S/c1-10(2)16-15-8-13(9-20-18(15)26-22-16)17(23)21-11(3)12-5-4-6-14(7-12)27(19,24)25/h4-11H,1-3H3,(H,21,23)(H2,19,24,25). The summed E-state index contributed by atoms with van der Waals surface area (Å²) in [7, 11) is -3.81. The summed E-state index contributed by atoms with van der Waals surface area (Å²) in [4.78, 5) is 16.8. The average molecular weight is 388 g/mol. The first-order valence-corrected chi connectivity index (χ1v) is 9.90. The van der Waals surface area contributed by atoms with E-state index in [1.165, 1.54) is 18.3 Å². The van der Waals surface area contributed by atoms with Gasteiger partial charge in [0.25, 0.3) is 11.6 Å². The highest BCUT2D eigenvalue weighted by atomic mass is 32.2. The molecule has 0 aliphatic heterocycles. The molecule has 1 unspecified atom stereocenters. The van der Waals surface area contributed by atoms with E-state index in [1.54, 1.807) is 25.1 Å². The van der Waals surface area contributed by atoms with Crippen LogP contribution in [-0.4, -0.2) is 24.5 Å². The summed E-state index contributed by atoms with van der Waals surface area (Å²) in [6.07, 6.45) is 1.42. The molecule has 1 atom stereocenters. The number of rotatable bonds is 5. The molecule has 0 radical (unpaired) electrons. The van der Waals surface area contributed by atoms with Gasteiger partial charge in [0.15, 0.2) is 0 Å². The maximum absolute atomic E-state index is 12.6. The van der Waals surface area contributed by atoms with Crippen molar-refractivity contribution in [1.29, 1.82) is 0 Å². The van der Waals surface area contributed by atoms with E-state index in [1.807, 2.05) is 13.8 Å². The van der Waals surface area contributed by atoms with Crippen LogP contribution in [0, 0.1) is 0 Å². The van der Waals surface area contributed by atoms with Crippen LogP contribution in [0.4, 0.5) is 0 Å². The summed E-state index contributed by atoms with van der Waals surface area (Å²) in [5, 5.41) is 12.7. The Morgan fingerprint density at radius 1 is 1.22 bits per heavy atom. The number of benzene rings is 1. The predicted molar refractivity (Wildman–Crippen MR) is 99.6 cm³/mol. The van der Waals surface area contributed by atoms with Crippen molar-refractivity contribution in [1.82, 2.24) is 15.5 Å². The first kappa shape index (κ1) is 19.0. The number of aromatic nitrogens is 2. The number of hydrogen-bond donors (Lipinski definition) is 2. The van der Waals surface area contributed by atoms with Crippen molar-refractivity contribution >= 4 is 27.0 Å². The Bertz CT molecular complexity index is 1110. The summed E-state index contributed by atoms with van der Waals surface area (Å²) in [5.41, 5.74) is 2.10. The fourth-order valence-electron chi connectivity index (χ4n) is 2.71. The van der Waals surface area contributed by atoms with Crippen LogP contribution in [0.2, 0.25) is 0 Å². The number of pyridine rings is 1. The molecule has 1 aromatic carbocycles. The summed E-state index contributed by atoms with van der Waals surface area (Å²) in [5.74, 6) is -0.208. The lowest BCUT2D eigenvalue weighted by Crippen LogP contribution is -2.27. The molecule has 27 heavy (non-hydrogen) atoms. The fourth-order valence-corrected chi connectivity index (χ4v) is 3.28. The minimum absolute atomic E-state index is 0.00441. The van der Waals surface area contributed by atoms with E-state index in [0.717, 1.165) is 5.69 Å². The smallest absolute Gasteiger partial charge is 0.257 e. The van der Waals surface area contributed by atoms with E-state index in [9.17, 15) is 13.2 Å². The van der Waals surface area contributed by atoms with Crippen molar-refractivity contribution in [2.75, 3.05) is 0 Å². The van der Waals surface area contributed by atoms with Gasteiger partial charge < -0.3 is 9.84 Å². The summed E-state index contributed by atoms with van der Waals surface area (Å²) >= 11 is 0. The third kappa shape index (κ3) is 3.99. The summed E-state index contributed by atoms with van der Waals surface area (Å²) in [6, 6.07) is 7.41. The largest absolute Gasteiger partial charge is 0.345 e. The second-order valence-corrected chi connectivity index (χ2v) is 8.17. The van der Waals surface area contributed by atoms with Crippen LogP contribution in [0.1, 0.15) is 54.3 Å². The van der Waals surface area contributed by atoms with Crippen molar-refractivity contribution in [2.24, 2.45) is 5.14 Å². The van der Waals surface area contributed by atoms with E-state index >= 15 is 0 Å². The molecule has 2 heterocycles. The average Bonchev–Trinajstić information content (AvgIpc) is 3.04. The Balaban J connectivity index is 1.85. The van der Waals surface area contributed by atoms with Gasteiger partial charge >= 0.3 is 0 Å². The van der Waals surface area contributed by atoms with Crippen molar-refractivity contribution in [3.05, 3.63) is 53.3 Å². The summed E-state index contributed by atoms with van der Waals surface area (Å²) < 4.78 is 28.2. The maximum Gasteiger partial charge on any atom is 0.257 e. The molecule has 0 spiro atoms. The first-order chi connectivity index (χ1) is 12.7. The third-order valence-corrected chi connectivity index (χ3v) is 5.11. The third-order valence-electron chi connectivity index (χ3n) is 4.20. The molecule has 0 aliphatic carbocycles. The minimum Gasteiger partial charge on any atom is -0.345 e. The molecule has 0 saturated heterocycles. The van der Waals surface area contributed by atoms with Gasteiger partial charge in [0.05, 0.1) is 27.6 Å². The lowest BCUT2D eigenvalue weighted by atomic mass is 10.1. The van der Waals surface area contributed by atoms with Gasteiger partial charge in [-0.15, -0.1) is 0 Å². The molecule has 3 N–H and O–H groups in total. The quantitative estimate of drug-likeness (QED) is 0.691. The van der Waals surface area contributed by atoms with Crippen LogP contribution in [0.5, 0.6) is 0 Å². The number of nitrogens with zero attached hydrogens (tertiary/aromatic N) is 2. The number of carbonyl (C=O) groups excluding carboxylic acids is 1. The van der Waals surface area contributed by atoms with E-state index in [4.69, 9.17) is 9.66 Å². The molecule has 0 saturated carbocycles. The number of nitrogens with one attached hydrogen (secondary N) is 1. The van der Waals surface area contributed by atoms with Gasteiger partial charge in [0.2, 0.25) is 10.0 Å². The normalized spacial score (nSPS) is 13.1. The molecule has 3 rings (SSSR count). The zero-order chi connectivity index (χ0) is 19.8. The predicted octanol–water partition coefficient (Wildman–Crippen LogP) is 2.48. The Morgan fingerprint density at radius 3 is 2.63 bits per heavy atom. The Kier molecular flexibility index (Phi) is 4.99. The highest BCUT2D eigenvalue weighted by Crippen LogP contribution is 2.24. The number of carbonyl (C=O) groups is 1. The van der Waals surface area contributed by atoms with E-state index in [-0.39, 0.29) is 16.7 Å². The molecule has 8 nitrogen and oxygen atoms in total. The van der Waals surface area contributed by atoms with E-state index in [2.05, 4.69) is 15.5 Å². The Labute approximate surface area is 156 Å². The number of hydrogen-bond acceptors (Lipinski definition) is 6. The monoisotopic (exact) mass is 388 g/mol. The van der Waals surface area contributed by atoms with Crippen LogP contribution in [0.25, 0.3) is 11.1 Å². The highest BCUT2D eigenvalue weighted by Gasteiger charge is 2.18. The number of sulfonamides is 1. The van der Waals surface area contributed by atoms with E-state index < -0.39 is 16.1 Å². The molecule has 0 fully saturated rings. The second-order valence-electron chi connectivity index (χ2n) is 6.61. The van der Waals surface area contributed by atoms with Crippen LogP contribution < -0.4 is 10.5 Å². The number of amides is 1. The summed E-state index contributed by atoms with van der Waals surface area (Å²) in [6.45, 7) is 5.71.